The Morgan fingerprint density at radius 2 is 2.11 bits per heavy atom. The Bertz CT molecular complexity index is 374. The Hall–Kier alpha value is -0.650. The predicted octanol–water partition coefficient (Wildman–Crippen LogP) is 2.84. The molecule has 0 atom stereocenters. The van der Waals surface area contributed by atoms with Crippen LogP contribution in [0.5, 0.6) is 5.75 Å². The fourth-order valence-electron chi connectivity index (χ4n) is 1.68. The Kier molecular flexibility index (Phi) is 7.23. The number of ether oxygens (including phenoxy) is 2. The summed E-state index contributed by atoms with van der Waals surface area (Å²) in [5.74, 6) is 0.765. The van der Waals surface area contributed by atoms with E-state index in [2.05, 4.69) is 21.2 Å². The van der Waals surface area contributed by atoms with Gasteiger partial charge in [0.1, 0.15) is 19.0 Å². The molecule has 0 amide bonds. The molecule has 1 N–H and O–H groups in total. The van der Waals surface area contributed by atoms with Crippen LogP contribution >= 0.6 is 15.9 Å². The Morgan fingerprint density at radius 1 is 1.33 bits per heavy atom. The topological polar surface area (TPSA) is 30.5 Å². The molecule has 0 bridgehead atoms. The van der Waals surface area contributed by atoms with Crippen LogP contribution < -0.4 is 10.1 Å². The molecule has 0 aromatic heterocycles. The van der Waals surface area contributed by atoms with Gasteiger partial charge in [-0.2, -0.15) is 0 Å². The molecule has 18 heavy (non-hydrogen) atoms. The number of alkyl halides is 1. The summed E-state index contributed by atoms with van der Waals surface area (Å²) in [5.41, 5.74) is 2.02. The van der Waals surface area contributed by atoms with E-state index in [-0.39, 0.29) is 6.61 Å². The maximum atomic E-state index is 12.2. The van der Waals surface area contributed by atoms with Gasteiger partial charge in [-0.25, -0.2) is 4.39 Å². The van der Waals surface area contributed by atoms with Crippen molar-refractivity contribution in [2.75, 3.05) is 33.5 Å². The van der Waals surface area contributed by atoms with Crippen LogP contribution in [0.2, 0.25) is 0 Å². The maximum Gasteiger partial charge on any atom is 0.126 e. The van der Waals surface area contributed by atoms with Gasteiger partial charge in [-0.05, 0) is 24.6 Å². The van der Waals surface area contributed by atoms with Crippen LogP contribution in [0.1, 0.15) is 11.1 Å². The number of hydrogen-bond acceptors (Lipinski definition) is 3. The summed E-state index contributed by atoms with van der Waals surface area (Å²) in [6.07, 6.45) is 0. The normalized spacial score (nSPS) is 10.7. The lowest BCUT2D eigenvalue weighted by atomic mass is 10.1. The number of rotatable bonds is 8. The molecule has 0 aliphatic heterocycles. The van der Waals surface area contributed by atoms with Gasteiger partial charge in [-0.15, -0.1) is 0 Å². The van der Waals surface area contributed by atoms with Gasteiger partial charge in [-0.3, -0.25) is 0 Å². The molecule has 3 nitrogen and oxygen atoms in total. The third-order valence-electron chi connectivity index (χ3n) is 2.44. The molecule has 102 valence electrons. The van der Waals surface area contributed by atoms with Crippen molar-refractivity contribution in [1.29, 1.82) is 0 Å². The van der Waals surface area contributed by atoms with Crippen molar-refractivity contribution in [1.82, 2.24) is 5.32 Å². The van der Waals surface area contributed by atoms with Crippen LogP contribution in [-0.4, -0.2) is 33.5 Å². The van der Waals surface area contributed by atoms with E-state index in [4.69, 9.17) is 9.47 Å². The van der Waals surface area contributed by atoms with Crippen LogP contribution in [0.15, 0.2) is 16.6 Å². The highest BCUT2D eigenvalue weighted by Gasteiger charge is 2.08. The van der Waals surface area contributed by atoms with Gasteiger partial charge in [0.2, 0.25) is 0 Å². The molecule has 0 saturated heterocycles. The summed E-state index contributed by atoms with van der Waals surface area (Å²) in [6.45, 7) is 3.67. The van der Waals surface area contributed by atoms with Crippen molar-refractivity contribution in [2.45, 2.75) is 13.5 Å². The minimum Gasteiger partial charge on any atom is -0.490 e. The number of aryl methyl sites for hydroxylation is 1. The number of halogens is 2. The van der Waals surface area contributed by atoms with Gasteiger partial charge < -0.3 is 14.8 Å². The van der Waals surface area contributed by atoms with Crippen molar-refractivity contribution < 1.29 is 13.9 Å². The SMILES string of the molecule is COCCNCc1cc(Br)cc(C)c1OCCF. The van der Waals surface area contributed by atoms with E-state index in [1.54, 1.807) is 7.11 Å². The number of hydrogen-bond donors (Lipinski definition) is 1. The zero-order valence-electron chi connectivity index (χ0n) is 10.8. The molecule has 0 unspecified atom stereocenters. The molecule has 0 aliphatic rings. The van der Waals surface area contributed by atoms with E-state index in [0.29, 0.717) is 13.2 Å². The minimum absolute atomic E-state index is 0.0908. The third-order valence-corrected chi connectivity index (χ3v) is 2.90. The van der Waals surface area contributed by atoms with Gasteiger partial charge in [0, 0.05) is 30.2 Å². The fraction of sp³-hybridized carbons (Fsp3) is 0.538. The number of nitrogens with one attached hydrogen (secondary N) is 1. The first-order valence-corrected chi connectivity index (χ1v) is 6.65. The summed E-state index contributed by atoms with van der Waals surface area (Å²) in [7, 11) is 1.67. The van der Waals surface area contributed by atoms with Gasteiger partial charge in [0.05, 0.1) is 6.61 Å². The van der Waals surface area contributed by atoms with Crippen molar-refractivity contribution in [3.63, 3.8) is 0 Å². The predicted molar refractivity (Wildman–Crippen MR) is 73.9 cm³/mol. The number of methoxy groups -OCH3 is 1. The molecule has 0 saturated carbocycles. The monoisotopic (exact) mass is 319 g/mol. The highest BCUT2D eigenvalue weighted by atomic mass is 79.9. The lowest BCUT2D eigenvalue weighted by Gasteiger charge is -2.14. The quantitative estimate of drug-likeness (QED) is 0.747. The van der Waals surface area contributed by atoms with E-state index in [1.807, 2.05) is 19.1 Å². The summed E-state index contributed by atoms with van der Waals surface area (Å²) in [6, 6.07) is 3.95. The van der Waals surface area contributed by atoms with Crippen LogP contribution in [-0.2, 0) is 11.3 Å². The first-order chi connectivity index (χ1) is 8.69. The van der Waals surface area contributed by atoms with Crippen molar-refractivity contribution in [3.8, 4) is 5.75 Å². The van der Waals surface area contributed by atoms with E-state index in [0.717, 1.165) is 27.9 Å². The van der Waals surface area contributed by atoms with Crippen molar-refractivity contribution in [3.05, 3.63) is 27.7 Å². The summed E-state index contributed by atoms with van der Waals surface area (Å²) < 4.78 is 23.6. The van der Waals surface area contributed by atoms with Gasteiger partial charge in [0.15, 0.2) is 0 Å². The van der Waals surface area contributed by atoms with E-state index in [1.165, 1.54) is 0 Å². The van der Waals surface area contributed by atoms with Gasteiger partial charge in [-0.1, -0.05) is 15.9 Å². The van der Waals surface area contributed by atoms with E-state index in [9.17, 15) is 4.39 Å². The highest BCUT2D eigenvalue weighted by Crippen LogP contribution is 2.28. The molecule has 0 heterocycles. The Morgan fingerprint density at radius 3 is 2.78 bits per heavy atom. The summed E-state index contributed by atoms with van der Waals surface area (Å²) in [5, 5.41) is 3.25. The second-order valence-electron chi connectivity index (χ2n) is 3.92. The largest absolute Gasteiger partial charge is 0.490 e. The summed E-state index contributed by atoms with van der Waals surface area (Å²) in [4.78, 5) is 0. The molecule has 0 fully saturated rings. The molecule has 1 aromatic carbocycles. The molecule has 5 heteroatoms. The smallest absolute Gasteiger partial charge is 0.126 e. The fourth-order valence-corrected chi connectivity index (χ4v) is 2.29. The van der Waals surface area contributed by atoms with E-state index < -0.39 is 6.67 Å². The third kappa shape index (κ3) is 4.92. The molecule has 0 radical (unpaired) electrons. The van der Waals surface area contributed by atoms with E-state index >= 15 is 0 Å². The van der Waals surface area contributed by atoms with Crippen LogP contribution in [0.4, 0.5) is 4.39 Å². The highest BCUT2D eigenvalue weighted by molar-refractivity contribution is 9.10. The Balaban J connectivity index is 2.72. The summed E-state index contributed by atoms with van der Waals surface area (Å²) >= 11 is 3.46. The molecular formula is C13H19BrFNO2. The standard InChI is InChI=1S/C13H19BrFNO2/c1-10-7-12(14)8-11(9-16-4-6-17-2)13(10)18-5-3-15/h7-8,16H,3-6,9H2,1-2H3. The maximum absolute atomic E-state index is 12.2. The van der Waals surface area contributed by atoms with Crippen molar-refractivity contribution >= 4 is 15.9 Å². The van der Waals surface area contributed by atoms with Crippen LogP contribution in [0.25, 0.3) is 0 Å². The zero-order valence-corrected chi connectivity index (χ0v) is 12.3. The molecule has 0 spiro atoms. The average molecular weight is 320 g/mol. The van der Waals surface area contributed by atoms with Crippen LogP contribution in [0, 0.1) is 6.92 Å². The second-order valence-corrected chi connectivity index (χ2v) is 4.83. The molecular weight excluding hydrogens is 301 g/mol. The molecule has 1 rings (SSSR count). The van der Waals surface area contributed by atoms with Crippen molar-refractivity contribution in [2.24, 2.45) is 0 Å². The lowest BCUT2D eigenvalue weighted by molar-refractivity contribution is 0.199. The molecule has 1 aromatic rings. The van der Waals surface area contributed by atoms with Crippen LogP contribution in [0.3, 0.4) is 0 Å². The number of benzene rings is 1. The second kappa shape index (κ2) is 8.45. The average Bonchev–Trinajstić information content (AvgIpc) is 2.33. The minimum atomic E-state index is -0.480. The van der Waals surface area contributed by atoms with Gasteiger partial charge in [0.25, 0.3) is 0 Å². The Labute approximate surface area is 116 Å². The molecule has 0 aliphatic carbocycles. The zero-order chi connectivity index (χ0) is 13.4. The van der Waals surface area contributed by atoms with Gasteiger partial charge >= 0.3 is 0 Å². The lowest BCUT2D eigenvalue weighted by Crippen LogP contribution is -2.19. The first kappa shape index (κ1) is 15.4. The first-order valence-electron chi connectivity index (χ1n) is 5.86.